The van der Waals surface area contributed by atoms with Gasteiger partial charge in [0.15, 0.2) is 11.6 Å². The fourth-order valence-electron chi connectivity index (χ4n) is 12.7. The maximum Gasteiger partial charge on any atom is 0.495 e. The number of fused-ring (bicyclic) bond motifs is 3. The van der Waals surface area contributed by atoms with Gasteiger partial charge in [0.25, 0.3) is 11.8 Å². The average Bonchev–Trinajstić information content (AvgIpc) is 0.976. The molecule has 0 bridgehead atoms. The first-order valence-corrected chi connectivity index (χ1v) is 33.8. The molecule has 4 N–H and O–H groups in total. The summed E-state index contributed by atoms with van der Waals surface area (Å²) in [7, 11) is -4.72. The molecule has 5 aromatic rings. The topological polar surface area (TPSA) is 257 Å². The van der Waals surface area contributed by atoms with Crippen molar-refractivity contribution in [3.05, 3.63) is 166 Å². The van der Waals surface area contributed by atoms with Crippen molar-refractivity contribution in [3.8, 4) is 28.2 Å². The minimum atomic E-state index is -4.98. The van der Waals surface area contributed by atoms with E-state index in [9.17, 15) is 46.8 Å². The van der Waals surface area contributed by atoms with Gasteiger partial charge in [0.1, 0.15) is 42.3 Å². The number of ketones is 2. The van der Waals surface area contributed by atoms with Crippen molar-refractivity contribution in [1.29, 1.82) is 0 Å². The van der Waals surface area contributed by atoms with E-state index in [1.54, 1.807) is 30.3 Å². The number of likely N-dealkylation sites (tertiary alicyclic amines) is 1. The van der Waals surface area contributed by atoms with Crippen LogP contribution in [-0.2, 0) is 48.6 Å². The average molecular weight is 1270 g/mol. The molecule has 21 heteroatoms. The van der Waals surface area contributed by atoms with Crippen LogP contribution in [-0.4, -0.2) is 136 Å². The molecule has 0 spiro atoms. The number of aryl methyl sites for hydroxylation is 2. The zero-order chi connectivity index (χ0) is 65.5. The molecule has 5 aromatic carbocycles. The normalized spacial score (nSPS) is 14.1. The van der Waals surface area contributed by atoms with E-state index in [1.165, 1.54) is 12.0 Å². The number of nitrogens with zero attached hydrogens (tertiary/aromatic N) is 3. The highest BCUT2D eigenvalue weighted by atomic mass is 32.2. The van der Waals surface area contributed by atoms with E-state index in [-0.39, 0.29) is 57.2 Å². The number of hydrogen-bond donors (Lipinski definition) is 4. The van der Waals surface area contributed by atoms with Gasteiger partial charge in [0.05, 0.1) is 35.7 Å². The lowest BCUT2D eigenvalue weighted by molar-refractivity contribution is -0.129. The van der Waals surface area contributed by atoms with Crippen molar-refractivity contribution in [2.45, 2.75) is 123 Å². The van der Waals surface area contributed by atoms with E-state index in [4.69, 9.17) is 13.8 Å². The Morgan fingerprint density at radius 2 is 1.47 bits per heavy atom. The lowest BCUT2D eigenvalue weighted by atomic mass is 9.75. The lowest BCUT2D eigenvalue weighted by Crippen LogP contribution is -2.52. The molecular formula is C71H83BN6O13S. The van der Waals surface area contributed by atoms with Crippen LogP contribution in [0.3, 0.4) is 0 Å². The SMILES string of the molecule is CCN(CC)c1ccc2c(-c3ccccc3C(=O)N3CCCC3C(=O)NC(CS(=O)(=O)[O-])C(=O)CCCCCCC(=O)NCCNC(=O)c3cc(CCCCc4ccc(C(=O)c5ccccc5)cc4)c(OC)c4c3COB4O)c3ccc(=[N+](CC)CC)cc-3oc2c1. The Bertz CT molecular complexity index is 3960. The third-order valence-electron chi connectivity index (χ3n) is 17.6. The maximum absolute atomic E-state index is 14.9. The molecule has 2 atom stereocenters. The Labute approximate surface area is 538 Å². The van der Waals surface area contributed by atoms with Crippen molar-refractivity contribution in [2.75, 3.05) is 63.6 Å². The molecule has 4 aliphatic rings. The van der Waals surface area contributed by atoms with Gasteiger partial charge in [-0.25, -0.2) is 13.0 Å². The second kappa shape index (κ2) is 31.7. The van der Waals surface area contributed by atoms with Crippen LogP contribution in [0.5, 0.6) is 5.75 Å². The zero-order valence-electron chi connectivity index (χ0n) is 53.2. The zero-order valence-corrected chi connectivity index (χ0v) is 54.0. The number of hydrogen-bond acceptors (Lipinski definition) is 14. The lowest BCUT2D eigenvalue weighted by Gasteiger charge is -2.28. The van der Waals surface area contributed by atoms with Gasteiger partial charge in [-0.2, -0.15) is 0 Å². The number of carbonyl (C=O) groups excluding carboxylic acids is 6. The number of rotatable bonds is 31. The van der Waals surface area contributed by atoms with Gasteiger partial charge < -0.3 is 49.1 Å². The number of anilines is 1. The van der Waals surface area contributed by atoms with Crippen molar-refractivity contribution in [2.24, 2.45) is 0 Å². The smallest absolute Gasteiger partial charge is 0.495 e. The number of nitrogens with one attached hydrogen (secondary N) is 3. The van der Waals surface area contributed by atoms with E-state index in [0.29, 0.717) is 94.5 Å². The summed E-state index contributed by atoms with van der Waals surface area (Å²) in [5.74, 6) is -2.47. The monoisotopic (exact) mass is 1270 g/mol. The molecule has 3 heterocycles. The summed E-state index contributed by atoms with van der Waals surface area (Å²) in [4.78, 5) is 85.9. The standard InChI is InChI=1S/C71H83BN6O13S/c1-6-76(7-2)51-35-37-55-62(43-51)91-63-44-52(77(8-3)9-4)36-38-56(63)65(55)53-26-19-20-27-54(53)71(84)78-41-21-28-60(78)70(83)75-59(46-92(86,87)88)61(79)29-15-10-11-16-30-64(80)73-39-40-74-69(82)57-42-50(68(89-5)66-58(57)45-90-72(66)85)25-18-17-22-47-31-33-49(34-32-47)67(81)48-23-13-12-14-24-48/h12-14,19-20,23-24,26-27,31-38,42-44,59-60,85H,6-11,15-18,21-22,25,28-30,39-41,45-46H2,1-5H3,(H3-,73,74,75,80,82,83,86,87,88). The van der Waals surface area contributed by atoms with Crippen LogP contribution in [0.4, 0.5) is 5.69 Å². The van der Waals surface area contributed by atoms with Gasteiger partial charge in [0, 0.05) is 108 Å². The van der Waals surface area contributed by atoms with Gasteiger partial charge in [-0.15, -0.1) is 0 Å². The number of unbranched alkanes of at least 4 members (excludes halogenated alkanes) is 4. The van der Waals surface area contributed by atoms with Crippen LogP contribution in [0.1, 0.15) is 145 Å². The van der Waals surface area contributed by atoms with Gasteiger partial charge in [-0.1, -0.05) is 85.6 Å². The summed E-state index contributed by atoms with van der Waals surface area (Å²) in [5.41, 5.74) is 8.60. The van der Waals surface area contributed by atoms with Crippen molar-refractivity contribution >= 4 is 74.6 Å². The molecule has 484 valence electrons. The third-order valence-corrected chi connectivity index (χ3v) is 18.3. The second-order valence-electron chi connectivity index (χ2n) is 23.4. The number of carbonyl (C=O) groups is 6. The molecule has 2 unspecified atom stereocenters. The van der Waals surface area contributed by atoms with E-state index in [0.717, 1.165) is 84.1 Å². The maximum atomic E-state index is 14.9. The highest BCUT2D eigenvalue weighted by Gasteiger charge is 2.39. The molecule has 0 radical (unpaired) electrons. The molecular weight excluding hydrogens is 1190 g/mol. The van der Waals surface area contributed by atoms with Crippen molar-refractivity contribution in [1.82, 2.24) is 25.4 Å². The van der Waals surface area contributed by atoms with Crippen LogP contribution in [0.15, 0.2) is 126 Å². The summed E-state index contributed by atoms with van der Waals surface area (Å²) >= 11 is 0. The number of methoxy groups -OCH3 is 1. The minimum absolute atomic E-state index is 0.0180. The number of benzene rings is 6. The van der Waals surface area contributed by atoms with E-state index in [1.807, 2.05) is 91.0 Å². The van der Waals surface area contributed by atoms with Gasteiger partial charge in [0.2, 0.25) is 17.2 Å². The molecule has 1 aliphatic carbocycles. The summed E-state index contributed by atoms with van der Waals surface area (Å²) < 4.78 is 56.8. The van der Waals surface area contributed by atoms with Crippen LogP contribution in [0, 0.1) is 0 Å². The molecule has 9 rings (SSSR count). The first kappa shape index (κ1) is 67.9. The fourth-order valence-corrected chi connectivity index (χ4v) is 13.4. The first-order chi connectivity index (χ1) is 44.4. The van der Waals surface area contributed by atoms with Crippen LogP contribution < -0.4 is 41.0 Å². The number of Topliss-reactive ketones (excluding diaryl/α,β-unsaturated/α-hetero) is 1. The molecule has 19 nitrogen and oxygen atoms in total. The highest BCUT2D eigenvalue weighted by molar-refractivity contribution is 7.85. The van der Waals surface area contributed by atoms with Crippen molar-refractivity contribution < 1.29 is 60.6 Å². The molecule has 92 heavy (non-hydrogen) atoms. The summed E-state index contributed by atoms with van der Waals surface area (Å²) in [6.07, 6.45) is 5.49. The number of amides is 4. The molecule has 0 aromatic heterocycles. The van der Waals surface area contributed by atoms with Crippen LogP contribution in [0.25, 0.3) is 33.4 Å². The highest BCUT2D eigenvalue weighted by Crippen LogP contribution is 2.43. The quantitative estimate of drug-likeness (QED) is 0.00803. The largest absolute Gasteiger partial charge is 0.748 e. The Hall–Kier alpha value is -8.50. The Morgan fingerprint density at radius 3 is 2.18 bits per heavy atom. The van der Waals surface area contributed by atoms with E-state index in [2.05, 4.69) is 53.1 Å². The summed E-state index contributed by atoms with van der Waals surface area (Å²) in [5, 5.41) is 20.8. The van der Waals surface area contributed by atoms with Crippen LogP contribution in [0.2, 0.25) is 0 Å². The fraction of sp³-hybridized carbons (Fsp3) is 0.394. The summed E-state index contributed by atoms with van der Waals surface area (Å²) in [6, 6.07) is 35.3. The molecule has 0 saturated carbocycles. The van der Waals surface area contributed by atoms with Gasteiger partial charge in [-0.3, -0.25) is 28.8 Å². The second-order valence-corrected chi connectivity index (χ2v) is 24.9. The van der Waals surface area contributed by atoms with Gasteiger partial charge >= 0.3 is 7.12 Å². The van der Waals surface area contributed by atoms with Crippen LogP contribution >= 0.6 is 0 Å². The predicted molar refractivity (Wildman–Crippen MR) is 355 cm³/mol. The number of ether oxygens (including phenoxy) is 1. The third kappa shape index (κ3) is 16.4. The Balaban J connectivity index is 0.749. The van der Waals surface area contributed by atoms with E-state index < -0.39 is 58.6 Å². The van der Waals surface area contributed by atoms with Gasteiger partial charge in [-0.05, 0) is 132 Å². The summed E-state index contributed by atoms with van der Waals surface area (Å²) in [6.45, 7) is 12.1. The minimum Gasteiger partial charge on any atom is -0.748 e. The first-order valence-electron chi connectivity index (χ1n) is 32.2. The predicted octanol–water partition coefficient (Wildman–Crippen LogP) is 7.98. The molecule has 4 amide bonds. The molecule has 1 fully saturated rings. The van der Waals surface area contributed by atoms with E-state index >= 15 is 0 Å². The Morgan fingerprint density at radius 1 is 0.772 bits per heavy atom. The molecule has 1 saturated heterocycles. The van der Waals surface area contributed by atoms with Crippen molar-refractivity contribution in [3.63, 3.8) is 0 Å². The Kier molecular flexibility index (Phi) is 23.4. The molecule has 3 aliphatic heterocycles.